The van der Waals surface area contributed by atoms with Crippen LogP contribution in [0.25, 0.3) is 0 Å². The van der Waals surface area contributed by atoms with Gasteiger partial charge >= 0.3 is 0 Å². The van der Waals surface area contributed by atoms with Crippen molar-refractivity contribution in [2.45, 2.75) is 46.0 Å². The molecule has 0 bridgehead atoms. The van der Waals surface area contributed by atoms with E-state index in [9.17, 15) is 4.91 Å². The average molecular weight is 519 g/mol. The predicted octanol–water partition coefficient (Wildman–Crippen LogP) is 6.83. The molecule has 1 heterocycles. The summed E-state index contributed by atoms with van der Waals surface area (Å²) >= 11 is 0. The van der Waals surface area contributed by atoms with E-state index in [1.54, 1.807) is 24.3 Å². The number of azo groups is 1. The van der Waals surface area contributed by atoms with Gasteiger partial charge in [0.1, 0.15) is 5.69 Å². The highest BCUT2D eigenvalue weighted by Crippen LogP contribution is 2.23. The summed E-state index contributed by atoms with van der Waals surface area (Å²) in [4.78, 5) is 25.6. The predicted molar refractivity (Wildman–Crippen MR) is 155 cm³/mol. The lowest BCUT2D eigenvalue weighted by atomic mass is 9.99. The fourth-order valence-corrected chi connectivity index (χ4v) is 3.84. The molecule has 3 aromatic rings. The molecule has 1 aromatic heterocycles. The van der Waals surface area contributed by atoms with Crippen molar-refractivity contribution in [3.8, 4) is 0 Å². The van der Waals surface area contributed by atoms with Crippen molar-refractivity contribution in [3.63, 3.8) is 0 Å². The van der Waals surface area contributed by atoms with Crippen molar-refractivity contribution < 1.29 is 0 Å². The van der Waals surface area contributed by atoms with Gasteiger partial charge in [0.15, 0.2) is 0 Å². The van der Waals surface area contributed by atoms with Gasteiger partial charge in [-0.2, -0.15) is 25.2 Å². The van der Waals surface area contributed by atoms with E-state index in [-0.39, 0.29) is 5.95 Å². The number of nitrogens with one attached hydrogen (secondary N) is 2. The zero-order valence-corrected chi connectivity index (χ0v) is 22.5. The van der Waals surface area contributed by atoms with E-state index in [1.165, 1.54) is 19.3 Å². The Labute approximate surface area is 224 Å². The molecule has 0 aliphatic rings. The van der Waals surface area contributed by atoms with Gasteiger partial charge in [-0.05, 0) is 72.5 Å². The molecule has 0 spiro atoms. The molecule has 11 heteroatoms. The Morgan fingerprint density at radius 1 is 0.868 bits per heavy atom. The molecule has 0 saturated carbocycles. The smallest absolute Gasteiger partial charge is 0.229 e. The lowest BCUT2D eigenvalue weighted by Crippen LogP contribution is -2.21. The summed E-state index contributed by atoms with van der Waals surface area (Å²) in [5, 5.41) is 17.9. The molecule has 1 unspecified atom stereocenters. The largest absolute Gasteiger partial charge is 0.375 e. The SMILES string of the molecule is CCCCC(CC)CNc1nc(N)nc(NCCCN(C)c2ccc(/N=N/c3ccc(N=O)cc3)cc2)n1. The summed E-state index contributed by atoms with van der Waals surface area (Å²) in [6.07, 6.45) is 5.63. The second kappa shape index (κ2) is 15.2. The molecule has 0 amide bonds. The highest BCUT2D eigenvalue weighted by molar-refractivity contribution is 5.53. The van der Waals surface area contributed by atoms with Gasteiger partial charge in [0.2, 0.25) is 17.8 Å². The van der Waals surface area contributed by atoms with E-state index in [1.807, 2.05) is 31.3 Å². The van der Waals surface area contributed by atoms with Crippen LogP contribution in [0.3, 0.4) is 0 Å². The first kappa shape index (κ1) is 28.4. The number of nitroso groups, excluding NO2 is 1. The van der Waals surface area contributed by atoms with Gasteiger partial charge in [0, 0.05) is 32.4 Å². The van der Waals surface area contributed by atoms with Crippen LogP contribution >= 0.6 is 0 Å². The maximum atomic E-state index is 10.5. The number of rotatable bonds is 16. The zero-order valence-electron chi connectivity index (χ0n) is 22.5. The Morgan fingerprint density at radius 3 is 2.08 bits per heavy atom. The first-order chi connectivity index (χ1) is 18.5. The van der Waals surface area contributed by atoms with Gasteiger partial charge in [-0.15, -0.1) is 4.91 Å². The Hall–Kier alpha value is -4.15. The van der Waals surface area contributed by atoms with Crippen LogP contribution in [-0.2, 0) is 0 Å². The summed E-state index contributed by atoms with van der Waals surface area (Å²) < 4.78 is 0. The van der Waals surface area contributed by atoms with Gasteiger partial charge in [0.05, 0.1) is 11.4 Å². The minimum atomic E-state index is 0.205. The summed E-state index contributed by atoms with van der Waals surface area (Å²) in [5.41, 5.74) is 8.75. The normalized spacial score (nSPS) is 11.9. The van der Waals surface area contributed by atoms with Crippen LogP contribution < -0.4 is 21.3 Å². The summed E-state index contributed by atoms with van der Waals surface area (Å²) in [7, 11) is 2.05. The lowest BCUT2D eigenvalue weighted by molar-refractivity contribution is 0.472. The van der Waals surface area contributed by atoms with Crippen molar-refractivity contribution in [3.05, 3.63) is 53.4 Å². The molecule has 2 aromatic carbocycles. The fraction of sp³-hybridized carbons (Fsp3) is 0.444. The van der Waals surface area contributed by atoms with Crippen molar-refractivity contribution >= 4 is 40.6 Å². The third kappa shape index (κ3) is 9.38. The van der Waals surface area contributed by atoms with E-state index in [4.69, 9.17) is 5.73 Å². The van der Waals surface area contributed by atoms with Crippen molar-refractivity contribution in [2.24, 2.45) is 21.3 Å². The van der Waals surface area contributed by atoms with Gasteiger partial charge in [-0.3, -0.25) is 0 Å². The fourth-order valence-electron chi connectivity index (χ4n) is 3.84. The monoisotopic (exact) mass is 518 g/mol. The molecule has 1 atom stereocenters. The van der Waals surface area contributed by atoms with Crippen LogP contribution in [0.2, 0.25) is 0 Å². The molecular weight excluding hydrogens is 480 g/mol. The second-order valence-corrected chi connectivity index (χ2v) is 9.16. The summed E-state index contributed by atoms with van der Waals surface area (Å²) in [5.74, 6) is 1.79. The van der Waals surface area contributed by atoms with Crippen molar-refractivity contribution in [1.29, 1.82) is 0 Å². The number of anilines is 4. The van der Waals surface area contributed by atoms with Gasteiger partial charge in [-0.1, -0.05) is 33.1 Å². The van der Waals surface area contributed by atoms with Crippen LogP contribution in [-0.4, -0.2) is 41.6 Å². The van der Waals surface area contributed by atoms with Crippen LogP contribution in [0.1, 0.15) is 46.0 Å². The number of nitrogens with two attached hydrogens (primary N) is 1. The average Bonchev–Trinajstić information content (AvgIpc) is 2.94. The molecule has 38 heavy (non-hydrogen) atoms. The van der Waals surface area contributed by atoms with E-state index >= 15 is 0 Å². The van der Waals surface area contributed by atoms with E-state index in [0.29, 0.717) is 35.7 Å². The molecule has 0 radical (unpaired) electrons. The first-order valence-electron chi connectivity index (χ1n) is 13.2. The van der Waals surface area contributed by atoms with Gasteiger partial charge in [-0.25, -0.2) is 0 Å². The molecule has 0 aliphatic carbocycles. The second-order valence-electron chi connectivity index (χ2n) is 9.16. The molecule has 202 valence electrons. The Morgan fingerprint density at radius 2 is 1.47 bits per heavy atom. The highest BCUT2D eigenvalue weighted by Gasteiger charge is 2.09. The van der Waals surface area contributed by atoms with Crippen LogP contribution in [0.5, 0.6) is 0 Å². The van der Waals surface area contributed by atoms with Gasteiger partial charge in [0.25, 0.3) is 0 Å². The molecule has 0 saturated heterocycles. The highest BCUT2D eigenvalue weighted by atomic mass is 16.3. The van der Waals surface area contributed by atoms with Crippen molar-refractivity contribution in [2.75, 3.05) is 47.9 Å². The van der Waals surface area contributed by atoms with E-state index in [2.05, 4.69) is 59.7 Å². The first-order valence-corrected chi connectivity index (χ1v) is 13.2. The standard InChI is InChI=1S/C27H38N10O/c1-4-6-8-20(5-2)19-30-27-32-25(28)31-26(33-27)29-17-7-18-37(3)24-15-13-22(14-16-24)35-34-21-9-11-23(36-38)12-10-21/h9-16,20H,4-8,17-19H2,1-3H3,(H4,28,29,30,31,32,33)/b35-34+. The number of hydrogen-bond donors (Lipinski definition) is 3. The minimum absolute atomic E-state index is 0.205. The number of aromatic nitrogens is 3. The Kier molecular flexibility index (Phi) is 11.4. The number of unbranched alkanes of at least 4 members (excludes halogenated alkanes) is 1. The van der Waals surface area contributed by atoms with Crippen LogP contribution in [0, 0.1) is 10.8 Å². The maximum absolute atomic E-state index is 10.5. The lowest BCUT2D eigenvalue weighted by Gasteiger charge is -2.19. The van der Waals surface area contributed by atoms with Crippen LogP contribution in [0.4, 0.5) is 40.6 Å². The number of nitrogens with zero attached hydrogens (tertiary/aromatic N) is 7. The van der Waals surface area contributed by atoms with Crippen LogP contribution in [0.15, 0.2) is 63.9 Å². The molecule has 3 rings (SSSR count). The molecule has 11 nitrogen and oxygen atoms in total. The Balaban J connectivity index is 1.43. The minimum Gasteiger partial charge on any atom is -0.375 e. The third-order valence-corrected chi connectivity index (χ3v) is 6.22. The topological polar surface area (TPSA) is 146 Å². The quantitative estimate of drug-likeness (QED) is 0.106. The molecule has 4 N–H and O–H groups in total. The van der Waals surface area contributed by atoms with Gasteiger partial charge < -0.3 is 21.3 Å². The number of benzene rings is 2. The maximum Gasteiger partial charge on any atom is 0.229 e. The summed E-state index contributed by atoms with van der Waals surface area (Å²) in [6, 6.07) is 14.5. The van der Waals surface area contributed by atoms with E-state index < -0.39 is 0 Å². The number of nitrogen functional groups attached to an aromatic ring is 1. The molecular formula is C27H38N10O. The molecule has 0 aliphatic heterocycles. The molecule has 0 fully saturated rings. The van der Waals surface area contributed by atoms with E-state index in [0.717, 1.165) is 37.3 Å². The third-order valence-electron chi connectivity index (χ3n) is 6.22. The zero-order chi connectivity index (χ0) is 27.2. The number of hydrogen-bond acceptors (Lipinski definition) is 11. The Bertz CT molecular complexity index is 1150. The van der Waals surface area contributed by atoms with Crippen molar-refractivity contribution in [1.82, 2.24) is 15.0 Å². The summed E-state index contributed by atoms with van der Waals surface area (Å²) in [6.45, 7) is 6.80.